The first-order chi connectivity index (χ1) is 17.7. The summed E-state index contributed by atoms with van der Waals surface area (Å²) in [6.07, 6.45) is -2.92. The van der Waals surface area contributed by atoms with E-state index in [1.165, 1.54) is 16.2 Å². The van der Waals surface area contributed by atoms with Gasteiger partial charge < -0.3 is 19.9 Å². The molecular formula is C26H28F3N5O2S. The van der Waals surface area contributed by atoms with Crippen molar-refractivity contribution in [2.24, 2.45) is 5.92 Å². The molecule has 0 unspecified atom stereocenters. The van der Waals surface area contributed by atoms with E-state index in [0.717, 1.165) is 46.2 Å². The number of benzene rings is 1. The number of anilines is 2. The second kappa shape index (κ2) is 10.7. The van der Waals surface area contributed by atoms with Crippen molar-refractivity contribution in [2.75, 3.05) is 49.6 Å². The molecule has 2 fully saturated rings. The van der Waals surface area contributed by atoms with Gasteiger partial charge in [-0.25, -0.2) is 9.78 Å². The van der Waals surface area contributed by atoms with Gasteiger partial charge in [0.2, 0.25) is 0 Å². The Balaban J connectivity index is 1.39. The molecule has 4 heterocycles. The van der Waals surface area contributed by atoms with Crippen LogP contribution in [0.5, 0.6) is 0 Å². The topological polar surface area (TPSA) is 70.6 Å². The summed E-state index contributed by atoms with van der Waals surface area (Å²) < 4.78 is 43.8. The minimum atomic E-state index is -4.22. The number of carbonyl (C=O) groups is 1. The van der Waals surface area contributed by atoms with Gasteiger partial charge in [0.05, 0.1) is 29.3 Å². The van der Waals surface area contributed by atoms with Gasteiger partial charge >= 0.3 is 12.2 Å². The third-order valence-corrected chi connectivity index (χ3v) is 7.52. The van der Waals surface area contributed by atoms with Gasteiger partial charge in [0.1, 0.15) is 5.82 Å². The fourth-order valence-electron chi connectivity index (χ4n) is 4.82. The number of morpholine rings is 1. The number of ether oxygens (including phenoxy) is 1. The predicted octanol–water partition coefficient (Wildman–Crippen LogP) is 5.82. The van der Waals surface area contributed by atoms with Crippen LogP contribution in [-0.4, -0.2) is 66.5 Å². The van der Waals surface area contributed by atoms with E-state index in [1.807, 2.05) is 37.3 Å². The highest BCUT2D eigenvalue weighted by Gasteiger charge is 2.36. The normalized spacial score (nSPS) is 18.3. The zero-order chi connectivity index (χ0) is 26.0. The minimum Gasteiger partial charge on any atom is -0.378 e. The van der Waals surface area contributed by atoms with Gasteiger partial charge in [-0.2, -0.15) is 13.2 Å². The summed E-state index contributed by atoms with van der Waals surface area (Å²) in [4.78, 5) is 26.5. The average Bonchev–Trinajstić information content (AvgIpc) is 3.57. The van der Waals surface area contributed by atoms with E-state index in [0.29, 0.717) is 31.9 Å². The fourth-order valence-corrected chi connectivity index (χ4v) is 5.40. The van der Waals surface area contributed by atoms with Gasteiger partial charge in [-0.1, -0.05) is 6.07 Å². The van der Waals surface area contributed by atoms with Crippen LogP contribution in [0.25, 0.3) is 21.7 Å². The Bertz CT molecular complexity index is 1250. The number of nitrogens with one attached hydrogen (secondary N) is 1. The summed E-state index contributed by atoms with van der Waals surface area (Å²) in [6, 6.07) is 9.34. The summed E-state index contributed by atoms with van der Waals surface area (Å²) in [5, 5.41) is 2.88. The van der Waals surface area contributed by atoms with E-state index in [9.17, 15) is 18.0 Å². The van der Waals surface area contributed by atoms with Gasteiger partial charge in [0.25, 0.3) is 0 Å². The van der Waals surface area contributed by atoms with Crippen LogP contribution >= 0.6 is 11.3 Å². The first-order valence-corrected chi connectivity index (χ1v) is 13.1. The molecule has 37 heavy (non-hydrogen) atoms. The van der Waals surface area contributed by atoms with E-state index in [2.05, 4.69) is 15.2 Å². The summed E-state index contributed by atoms with van der Waals surface area (Å²) in [5.41, 5.74) is 6.12. The van der Waals surface area contributed by atoms with Crippen LogP contribution in [0, 0.1) is 12.8 Å². The Morgan fingerprint density at radius 3 is 2.73 bits per heavy atom. The minimum absolute atomic E-state index is 0.107. The highest BCUT2D eigenvalue weighted by molar-refractivity contribution is 7.13. The number of carbonyl (C=O) groups excluding carboxylic acids is 1. The summed E-state index contributed by atoms with van der Waals surface area (Å²) in [7, 11) is 0. The highest BCUT2D eigenvalue weighted by Crippen LogP contribution is 2.34. The molecular weight excluding hydrogens is 503 g/mol. The van der Waals surface area contributed by atoms with Gasteiger partial charge in [-0.05, 0) is 60.2 Å². The lowest BCUT2D eigenvalue weighted by Crippen LogP contribution is -2.36. The zero-order valence-corrected chi connectivity index (χ0v) is 21.2. The summed E-state index contributed by atoms with van der Waals surface area (Å²) in [5.74, 6) is 0.297. The van der Waals surface area contributed by atoms with Crippen molar-refractivity contribution < 1.29 is 22.7 Å². The molecule has 2 saturated heterocycles. The number of amides is 2. The van der Waals surface area contributed by atoms with Crippen molar-refractivity contribution in [3.63, 3.8) is 0 Å². The first kappa shape index (κ1) is 25.5. The maximum atomic E-state index is 12.8. The molecule has 0 aliphatic carbocycles. The SMILES string of the molecule is Cc1ccc(NC(=O)N2CC[C@@H](CC(F)(F)F)C2)cc1-c1cc(-c2cncs2)nc(N2CCOCC2)c1. The number of hydrogen-bond acceptors (Lipinski definition) is 6. The quantitative estimate of drug-likeness (QED) is 0.449. The lowest BCUT2D eigenvalue weighted by molar-refractivity contribution is -0.143. The molecule has 2 amide bonds. The van der Waals surface area contributed by atoms with E-state index >= 15 is 0 Å². The monoisotopic (exact) mass is 531 g/mol. The molecule has 0 bridgehead atoms. The predicted molar refractivity (Wildman–Crippen MR) is 138 cm³/mol. The number of halogens is 3. The van der Waals surface area contributed by atoms with Gasteiger partial charge in [-0.15, -0.1) is 11.3 Å². The Kier molecular flexibility index (Phi) is 7.34. The number of alkyl halides is 3. The lowest BCUT2D eigenvalue weighted by Gasteiger charge is -2.28. The molecule has 0 saturated carbocycles. The third-order valence-electron chi connectivity index (χ3n) is 6.72. The molecule has 0 radical (unpaired) electrons. The Hall–Kier alpha value is -3.18. The Morgan fingerprint density at radius 1 is 1.19 bits per heavy atom. The largest absolute Gasteiger partial charge is 0.389 e. The molecule has 2 aromatic heterocycles. The van der Waals surface area contributed by atoms with E-state index in [-0.39, 0.29) is 12.6 Å². The van der Waals surface area contributed by atoms with Crippen molar-refractivity contribution in [1.82, 2.24) is 14.9 Å². The zero-order valence-electron chi connectivity index (χ0n) is 20.4. The maximum Gasteiger partial charge on any atom is 0.389 e. The summed E-state index contributed by atoms with van der Waals surface area (Å²) >= 11 is 1.52. The standard InChI is InChI=1S/C26H28F3N5O2S/c1-17-2-3-20(31-25(35)34-5-4-18(15-34)13-26(27,28)29)12-21(17)19-10-22(23-14-30-16-37-23)32-24(11-19)33-6-8-36-9-7-33/h2-3,10-12,14,16,18H,4-9,13,15H2,1H3,(H,31,35)/t18-/m0/s1. The number of rotatable bonds is 5. The number of hydrogen-bond donors (Lipinski definition) is 1. The van der Waals surface area contributed by atoms with E-state index in [4.69, 9.17) is 9.72 Å². The first-order valence-electron chi connectivity index (χ1n) is 12.2. The third kappa shape index (κ3) is 6.22. The molecule has 2 aliphatic rings. The molecule has 196 valence electrons. The van der Waals surface area contributed by atoms with Crippen molar-refractivity contribution in [1.29, 1.82) is 0 Å². The maximum absolute atomic E-state index is 12.8. The molecule has 5 rings (SSSR count). The number of likely N-dealkylation sites (tertiary alicyclic amines) is 1. The summed E-state index contributed by atoms with van der Waals surface area (Å²) in [6.45, 7) is 5.21. The second-order valence-electron chi connectivity index (χ2n) is 9.44. The molecule has 3 aromatic rings. The van der Waals surface area contributed by atoms with Crippen molar-refractivity contribution >= 4 is 28.9 Å². The van der Waals surface area contributed by atoms with Crippen molar-refractivity contribution in [2.45, 2.75) is 25.9 Å². The fraction of sp³-hybridized carbons (Fsp3) is 0.423. The number of pyridine rings is 1. The van der Waals surface area contributed by atoms with Gasteiger partial charge in [0.15, 0.2) is 0 Å². The number of urea groups is 1. The van der Waals surface area contributed by atoms with Crippen LogP contribution < -0.4 is 10.2 Å². The van der Waals surface area contributed by atoms with Crippen molar-refractivity contribution in [3.05, 3.63) is 47.6 Å². The number of aryl methyl sites for hydroxylation is 1. The molecule has 1 aromatic carbocycles. The number of aromatic nitrogens is 2. The molecule has 11 heteroatoms. The lowest BCUT2D eigenvalue weighted by atomic mass is 9.99. The van der Waals surface area contributed by atoms with Crippen LogP contribution in [0.3, 0.4) is 0 Å². The van der Waals surface area contributed by atoms with Crippen LogP contribution in [0.15, 0.2) is 42.0 Å². The van der Waals surface area contributed by atoms with E-state index < -0.39 is 18.5 Å². The Labute approximate surface area is 217 Å². The van der Waals surface area contributed by atoms with Crippen LogP contribution in [0.1, 0.15) is 18.4 Å². The highest BCUT2D eigenvalue weighted by atomic mass is 32.1. The molecule has 1 atom stereocenters. The van der Waals surface area contributed by atoms with Crippen LogP contribution in [0.4, 0.5) is 29.5 Å². The molecule has 2 aliphatic heterocycles. The van der Waals surface area contributed by atoms with Crippen molar-refractivity contribution in [3.8, 4) is 21.7 Å². The average molecular weight is 532 g/mol. The van der Waals surface area contributed by atoms with Crippen LogP contribution in [-0.2, 0) is 4.74 Å². The van der Waals surface area contributed by atoms with Gasteiger partial charge in [-0.3, -0.25) is 4.98 Å². The van der Waals surface area contributed by atoms with E-state index in [1.54, 1.807) is 11.7 Å². The molecule has 7 nitrogen and oxygen atoms in total. The molecule has 1 N–H and O–H groups in total. The Morgan fingerprint density at radius 2 is 2.00 bits per heavy atom. The second-order valence-corrected chi connectivity index (χ2v) is 10.3. The molecule has 0 spiro atoms. The number of thiazole rings is 1. The van der Waals surface area contributed by atoms with Gasteiger partial charge in [0, 0.05) is 44.5 Å². The number of nitrogens with zero attached hydrogens (tertiary/aromatic N) is 4. The smallest absolute Gasteiger partial charge is 0.378 e. The van der Waals surface area contributed by atoms with Crippen LogP contribution in [0.2, 0.25) is 0 Å².